The van der Waals surface area contributed by atoms with E-state index >= 15 is 0 Å². The summed E-state index contributed by atoms with van der Waals surface area (Å²) in [4.78, 5) is 13.9. The molecule has 1 heterocycles. The van der Waals surface area contributed by atoms with Crippen LogP contribution in [0.2, 0.25) is 0 Å². The van der Waals surface area contributed by atoms with Crippen molar-refractivity contribution in [3.05, 3.63) is 54.1 Å². The second-order valence-electron chi connectivity index (χ2n) is 8.42. The van der Waals surface area contributed by atoms with E-state index in [1.807, 2.05) is 37.3 Å². The molecular weight excluding hydrogens is 390 g/mol. The molecule has 1 aliphatic carbocycles. The van der Waals surface area contributed by atoms with Crippen molar-refractivity contribution in [2.75, 3.05) is 24.6 Å². The van der Waals surface area contributed by atoms with E-state index < -0.39 is 0 Å². The average molecular weight is 420 g/mol. The minimum atomic E-state index is -0.260. The molecule has 6 heteroatoms. The third kappa shape index (κ3) is 5.91. The van der Waals surface area contributed by atoms with Crippen LogP contribution in [0.4, 0.5) is 5.69 Å². The van der Waals surface area contributed by atoms with Crippen molar-refractivity contribution in [3.63, 3.8) is 0 Å². The number of carbonyl (C=O) groups excluding carboxylic acids is 1. The minimum absolute atomic E-state index is 0.125. The zero-order valence-corrected chi connectivity index (χ0v) is 17.9. The average Bonchev–Trinajstić information content (AvgIpc) is 3.50. The highest BCUT2D eigenvalue weighted by molar-refractivity contribution is 5.78. The van der Waals surface area contributed by atoms with Gasteiger partial charge in [0, 0.05) is 18.7 Å². The SMILES string of the molecule is C[C@H](NC(=O)CC#N)c1ccc(O[C@@H]2CCN(c3ccc(OCC4CC4)cc3)C2)cc1. The van der Waals surface area contributed by atoms with Crippen LogP contribution in [0.1, 0.15) is 44.2 Å². The fourth-order valence-electron chi connectivity index (χ4n) is 3.79. The van der Waals surface area contributed by atoms with Crippen LogP contribution >= 0.6 is 0 Å². The van der Waals surface area contributed by atoms with Crippen molar-refractivity contribution in [3.8, 4) is 17.6 Å². The van der Waals surface area contributed by atoms with Crippen LogP contribution in [-0.2, 0) is 4.79 Å². The van der Waals surface area contributed by atoms with Gasteiger partial charge in [-0.1, -0.05) is 12.1 Å². The van der Waals surface area contributed by atoms with Crippen LogP contribution in [0.5, 0.6) is 11.5 Å². The van der Waals surface area contributed by atoms with E-state index in [1.54, 1.807) is 0 Å². The zero-order chi connectivity index (χ0) is 21.6. The van der Waals surface area contributed by atoms with Crippen molar-refractivity contribution >= 4 is 11.6 Å². The van der Waals surface area contributed by atoms with E-state index in [1.165, 1.54) is 18.5 Å². The van der Waals surface area contributed by atoms with E-state index in [4.69, 9.17) is 14.7 Å². The molecule has 2 fully saturated rings. The first-order chi connectivity index (χ1) is 15.1. The first-order valence-electron chi connectivity index (χ1n) is 11.0. The number of anilines is 1. The third-order valence-corrected chi connectivity index (χ3v) is 5.83. The number of hydrogen-bond acceptors (Lipinski definition) is 5. The predicted molar refractivity (Wildman–Crippen MR) is 119 cm³/mol. The minimum Gasteiger partial charge on any atom is -0.493 e. The van der Waals surface area contributed by atoms with Crippen LogP contribution in [0.15, 0.2) is 48.5 Å². The summed E-state index contributed by atoms with van der Waals surface area (Å²) in [6.07, 6.45) is 3.59. The Hall–Kier alpha value is -3.20. The van der Waals surface area contributed by atoms with Gasteiger partial charge >= 0.3 is 0 Å². The van der Waals surface area contributed by atoms with Crippen LogP contribution < -0.4 is 19.7 Å². The second-order valence-corrected chi connectivity index (χ2v) is 8.42. The molecule has 1 saturated heterocycles. The molecule has 2 aromatic rings. The molecule has 0 bridgehead atoms. The molecule has 1 N–H and O–H groups in total. The van der Waals surface area contributed by atoms with Crippen LogP contribution in [-0.4, -0.2) is 31.7 Å². The van der Waals surface area contributed by atoms with Gasteiger partial charge in [-0.05, 0) is 67.6 Å². The van der Waals surface area contributed by atoms with Gasteiger partial charge in [0.2, 0.25) is 5.91 Å². The molecule has 0 radical (unpaired) electrons. The molecule has 2 aliphatic rings. The highest BCUT2D eigenvalue weighted by Gasteiger charge is 2.25. The van der Waals surface area contributed by atoms with Gasteiger partial charge < -0.3 is 19.7 Å². The smallest absolute Gasteiger partial charge is 0.234 e. The summed E-state index contributed by atoms with van der Waals surface area (Å²) in [6.45, 7) is 4.56. The molecular formula is C25H29N3O3. The lowest BCUT2D eigenvalue weighted by molar-refractivity contribution is -0.120. The molecule has 1 amide bonds. The Kier molecular flexibility index (Phi) is 6.61. The molecule has 0 aromatic heterocycles. The lowest BCUT2D eigenvalue weighted by atomic mass is 10.1. The van der Waals surface area contributed by atoms with Gasteiger partial charge in [0.15, 0.2) is 0 Å². The highest BCUT2D eigenvalue weighted by atomic mass is 16.5. The van der Waals surface area contributed by atoms with E-state index in [2.05, 4.69) is 34.5 Å². The summed E-state index contributed by atoms with van der Waals surface area (Å²) in [5, 5.41) is 11.4. The lowest BCUT2D eigenvalue weighted by Crippen LogP contribution is -2.26. The number of benzene rings is 2. The number of hydrogen-bond donors (Lipinski definition) is 1. The number of carbonyl (C=O) groups is 1. The summed E-state index contributed by atoms with van der Waals surface area (Å²) >= 11 is 0. The molecule has 0 spiro atoms. The number of rotatable bonds is 9. The van der Waals surface area contributed by atoms with Crippen LogP contribution in [0.25, 0.3) is 0 Å². The van der Waals surface area contributed by atoms with Crippen LogP contribution in [0.3, 0.4) is 0 Å². The van der Waals surface area contributed by atoms with Gasteiger partial charge in [-0.15, -0.1) is 0 Å². The van der Waals surface area contributed by atoms with E-state index in [-0.39, 0.29) is 24.5 Å². The number of nitrogens with zero attached hydrogens (tertiary/aromatic N) is 2. The zero-order valence-electron chi connectivity index (χ0n) is 17.9. The van der Waals surface area contributed by atoms with Crippen molar-refractivity contribution in [1.82, 2.24) is 5.32 Å². The van der Waals surface area contributed by atoms with Gasteiger partial charge in [0.25, 0.3) is 0 Å². The molecule has 162 valence electrons. The largest absolute Gasteiger partial charge is 0.493 e. The normalized spacial score (nSPS) is 18.8. The molecule has 2 aromatic carbocycles. The number of ether oxygens (including phenoxy) is 2. The molecule has 6 nitrogen and oxygen atoms in total. The summed E-state index contributed by atoms with van der Waals surface area (Å²) in [6, 6.07) is 17.9. The fourth-order valence-corrected chi connectivity index (χ4v) is 3.79. The maximum Gasteiger partial charge on any atom is 0.234 e. The number of nitriles is 1. The monoisotopic (exact) mass is 419 g/mol. The van der Waals surface area contributed by atoms with Crippen LogP contribution in [0, 0.1) is 17.2 Å². The van der Waals surface area contributed by atoms with Crippen molar-refractivity contribution in [2.24, 2.45) is 5.92 Å². The first-order valence-corrected chi connectivity index (χ1v) is 11.0. The summed E-state index contributed by atoms with van der Waals surface area (Å²) in [5.41, 5.74) is 2.18. The highest BCUT2D eigenvalue weighted by Crippen LogP contribution is 2.30. The quantitative estimate of drug-likeness (QED) is 0.659. The first kappa shape index (κ1) is 21.0. The molecule has 1 saturated carbocycles. The van der Waals surface area contributed by atoms with Crippen molar-refractivity contribution in [2.45, 2.75) is 44.8 Å². The van der Waals surface area contributed by atoms with E-state index in [0.717, 1.165) is 49.1 Å². The molecule has 0 unspecified atom stereocenters. The Bertz CT molecular complexity index is 917. The van der Waals surface area contributed by atoms with Crippen molar-refractivity contribution < 1.29 is 14.3 Å². The van der Waals surface area contributed by atoms with Gasteiger partial charge in [0.05, 0.1) is 25.3 Å². The molecule has 31 heavy (non-hydrogen) atoms. The summed E-state index contributed by atoms with van der Waals surface area (Å²) in [5.74, 6) is 2.27. The molecule has 4 rings (SSSR count). The Morgan fingerprint density at radius 2 is 1.84 bits per heavy atom. The lowest BCUT2D eigenvalue weighted by Gasteiger charge is -2.20. The standard InChI is InChI=1S/C25H29N3O3/c1-18(27-25(29)12-14-26)20-4-8-23(9-5-20)31-24-13-15-28(16-24)21-6-10-22(11-7-21)30-17-19-2-3-19/h4-11,18-19,24H,2-3,12-13,15-17H2,1H3,(H,27,29)/t18-,24+/m0/s1. The fraction of sp³-hybridized carbons (Fsp3) is 0.440. The maximum absolute atomic E-state index is 11.6. The van der Waals surface area contributed by atoms with Gasteiger partial charge in [-0.2, -0.15) is 5.26 Å². The molecule has 1 aliphatic heterocycles. The van der Waals surface area contributed by atoms with E-state index in [0.29, 0.717) is 0 Å². The summed E-state index contributed by atoms with van der Waals surface area (Å²) in [7, 11) is 0. The van der Waals surface area contributed by atoms with E-state index in [9.17, 15) is 4.79 Å². The van der Waals surface area contributed by atoms with Gasteiger partial charge in [-0.3, -0.25) is 4.79 Å². The number of amides is 1. The maximum atomic E-state index is 11.6. The Labute approximate surface area is 183 Å². The predicted octanol–water partition coefficient (Wildman–Crippen LogP) is 4.22. The van der Waals surface area contributed by atoms with Crippen molar-refractivity contribution in [1.29, 1.82) is 5.26 Å². The Balaban J connectivity index is 1.26. The Morgan fingerprint density at radius 3 is 2.52 bits per heavy atom. The third-order valence-electron chi connectivity index (χ3n) is 5.83. The molecule has 2 atom stereocenters. The summed E-state index contributed by atoms with van der Waals surface area (Å²) < 4.78 is 12.0. The number of nitrogens with one attached hydrogen (secondary N) is 1. The van der Waals surface area contributed by atoms with Gasteiger partial charge in [0.1, 0.15) is 24.0 Å². The van der Waals surface area contributed by atoms with Gasteiger partial charge in [-0.25, -0.2) is 0 Å². The second kappa shape index (κ2) is 9.74. The topological polar surface area (TPSA) is 74.6 Å². The Morgan fingerprint density at radius 1 is 1.13 bits per heavy atom.